The van der Waals surface area contributed by atoms with E-state index in [1.165, 1.54) is 29.2 Å². The number of urea groups is 1. The fourth-order valence-corrected chi connectivity index (χ4v) is 2.39. The minimum Gasteiger partial charge on any atom is -0.486 e. The van der Waals surface area contributed by atoms with E-state index in [9.17, 15) is 9.18 Å². The highest BCUT2D eigenvalue weighted by Crippen LogP contribution is 2.14. The van der Waals surface area contributed by atoms with E-state index in [2.05, 4.69) is 20.4 Å². The number of halogens is 1. The average Bonchev–Trinajstić information content (AvgIpc) is 3.09. The van der Waals surface area contributed by atoms with Crippen molar-refractivity contribution in [3.63, 3.8) is 0 Å². The lowest BCUT2D eigenvalue weighted by Gasteiger charge is -2.12. The van der Waals surface area contributed by atoms with Crippen LogP contribution in [0.2, 0.25) is 0 Å². The number of benzene rings is 1. The number of amides is 2. The molecule has 28 heavy (non-hydrogen) atoms. The van der Waals surface area contributed by atoms with Crippen LogP contribution < -0.4 is 10.1 Å². The van der Waals surface area contributed by atoms with Crippen LogP contribution >= 0.6 is 0 Å². The summed E-state index contributed by atoms with van der Waals surface area (Å²) in [6.45, 7) is 2.15. The first-order valence-corrected chi connectivity index (χ1v) is 8.65. The number of nitrogens with one attached hydrogen (secondary N) is 1. The minimum absolute atomic E-state index is 0.0963. The summed E-state index contributed by atoms with van der Waals surface area (Å²) >= 11 is 0. The second kappa shape index (κ2) is 8.47. The molecule has 2 aromatic heterocycles. The van der Waals surface area contributed by atoms with Crippen LogP contribution in [0.4, 0.5) is 9.18 Å². The number of rotatable bonds is 6. The molecule has 0 aliphatic carbocycles. The fraction of sp³-hybridized carbons (Fsp3) is 0.263. The molecule has 0 aliphatic rings. The van der Waals surface area contributed by atoms with E-state index >= 15 is 0 Å². The van der Waals surface area contributed by atoms with Crippen molar-refractivity contribution in [2.24, 2.45) is 0 Å². The number of aromatic nitrogens is 4. The molecular formula is C19H21FN6O2. The summed E-state index contributed by atoms with van der Waals surface area (Å²) in [6.07, 6.45) is 0. The van der Waals surface area contributed by atoms with Crippen molar-refractivity contribution in [1.29, 1.82) is 0 Å². The quantitative estimate of drug-likeness (QED) is 0.706. The number of hydrogen-bond donors (Lipinski definition) is 1. The summed E-state index contributed by atoms with van der Waals surface area (Å²) in [7, 11) is 3.31. The Kier molecular flexibility index (Phi) is 5.83. The van der Waals surface area contributed by atoms with E-state index in [0.29, 0.717) is 23.2 Å². The van der Waals surface area contributed by atoms with Gasteiger partial charge in [0.1, 0.15) is 18.2 Å². The van der Waals surface area contributed by atoms with Crippen LogP contribution in [0.15, 0.2) is 42.5 Å². The third kappa shape index (κ3) is 4.81. The summed E-state index contributed by atoms with van der Waals surface area (Å²) in [5, 5.41) is 7.23. The van der Waals surface area contributed by atoms with Crippen LogP contribution in [0, 0.1) is 12.7 Å². The van der Waals surface area contributed by atoms with Gasteiger partial charge in [0.2, 0.25) is 0 Å². The predicted molar refractivity (Wildman–Crippen MR) is 101 cm³/mol. The van der Waals surface area contributed by atoms with Gasteiger partial charge in [-0.1, -0.05) is 6.07 Å². The van der Waals surface area contributed by atoms with Crippen LogP contribution in [0.3, 0.4) is 0 Å². The van der Waals surface area contributed by atoms with E-state index in [4.69, 9.17) is 4.74 Å². The van der Waals surface area contributed by atoms with Gasteiger partial charge in [0, 0.05) is 19.8 Å². The van der Waals surface area contributed by atoms with E-state index < -0.39 is 0 Å². The largest absolute Gasteiger partial charge is 0.486 e. The van der Waals surface area contributed by atoms with Crippen molar-refractivity contribution in [2.75, 3.05) is 14.1 Å². The van der Waals surface area contributed by atoms with Gasteiger partial charge in [-0.2, -0.15) is 4.68 Å². The van der Waals surface area contributed by atoms with Crippen LogP contribution in [0.5, 0.6) is 5.75 Å². The van der Waals surface area contributed by atoms with Crippen molar-refractivity contribution in [3.05, 3.63) is 65.6 Å². The molecule has 146 valence electrons. The maximum absolute atomic E-state index is 13.0. The summed E-state index contributed by atoms with van der Waals surface area (Å²) < 4.78 is 20.2. The van der Waals surface area contributed by atoms with Gasteiger partial charge in [-0.15, -0.1) is 5.10 Å². The molecule has 2 heterocycles. The van der Waals surface area contributed by atoms with Crippen molar-refractivity contribution in [3.8, 4) is 11.6 Å². The molecule has 0 radical (unpaired) electrons. The molecular weight excluding hydrogens is 363 g/mol. The molecule has 0 saturated carbocycles. The van der Waals surface area contributed by atoms with Crippen LogP contribution in [-0.4, -0.2) is 44.8 Å². The topological polar surface area (TPSA) is 85.2 Å². The molecule has 0 aliphatic heterocycles. The molecule has 3 rings (SSSR count). The number of ether oxygens (including phenoxy) is 1. The van der Waals surface area contributed by atoms with E-state index in [-0.39, 0.29) is 25.0 Å². The highest BCUT2D eigenvalue weighted by molar-refractivity contribution is 5.73. The monoisotopic (exact) mass is 384 g/mol. The van der Waals surface area contributed by atoms with Gasteiger partial charge in [0.15, 0.2) is 17.5 Å². The Morgan fingerprint density at radius 1 is 1.18 bits per heavy atom. The molecule has 1 aromatic carbocycles. The van der Waals surface area contributed by atoms with E-state index in [1.54, 1.807) is 18.8 Å². The number of nitrogens with zero attached hydrogens (tertiary/aromatic N) is 5. The minimum atomic E-state index is -0.334. The first-order valence-electron chi connectivity index (χ1n) is 8.65. The number of aryl methyl sites for hydroxylation is 1. The van der Waals surface area contributed by atoms with Gasteiger partial charge in [-0.3, -0.25) is 0 Å². The Bertz CT molecular complexity index is 955. The Morgan fingerprint density at radius 2 is 1.93 bits per heavy atom. The second-order valence-corrected chi connectivity index (χ2v) is 6.29. The maximum Gasteiger partial charge on any atom is 0.317 e. The van der Waals surface area contributed by atoms with E-state index in [1.807, 2.05) is 25.1 Å². The molecule has 0 spiro atoms. The summed E-state index contributed by atoms with van der Waals surface area (Å²) in [6, 6.07) is 11.0. The van der Waals surface area contributed by atoms with Gasteiger partial charge >= 0.3 is 6.03 Å². The molecule has 0 fully saturated rings. The lowest BCUT2D eigenvalue weighted by molar-refractivity contribution is 0.216. The molecule has 2 amide bonds. The lowest BCUT2D eigenvalue weighted by Crippen LogP contribution is -2.34. The van der Waals surface area contributed by atoms with Crippen LogP contribution in [0.1, 0.15) is 17.3 Å². The standard InChI is InChI=1S/C19H21FN6O2/c1-13-5-4-6-17(22-13)26-18(11-21-19(27)25(2)3)23-16(24-26)12-28-15-9-7-14(20)8-10-15/h4-10H,11-12H2,1-3H3,(H,21,27). The molecule has 3 aromatic rings. The number of carbonyl (C=O) groups excluding carboxylic acids is 1. The first-order chi connectivity index (χ1) is 13.4. The van der Waals surface area contributed by atoms with Gasteiger partial charge in [-0.25, -0.2) is 19.2 Å². The zero-order valence-electron chi connectivity index (χ0n) is 15.9. The third-order valence-corrected chi connectivity index (χ3v) is 3.79. The fourth-order valence-electron chi connectivity index (χ4n) is 2.39. The zero-order chi connectivity index (χ0) is 20.1. The highest BCUT2D eigenvalue weighted by atomic mass is 19.1. The molecule has 0 bridgehead atoms. The van der Waals surface area contributed by atoms with Crippen molar-refractivity contribution in [1.82, 2.24) is 30.0 Å². The lowest BCUT2D eigenvalue weighted by atomic mass is 10.3. The van der Waals surface area contributed by atoms with Gasteiger partial charge in [-0.05, 0) is 43.3 Å². The number of carbonyl (C=O) groups is 1. The molecule has 1 N–H and O–H groups in total. The summed E-state index contributed by atoms with van der Waals surface area (Å²) in [4.78, 5) is 22.2. The first kappa shape index (κ1) is 19.3. The Hall–Kier alpha value is -3.49. The van der Waals surface area contributed by atoms with Crippen LogP contribution in [-0.2, 0) is 13.2 Å². The second-order valence-electron chi connectivity index (χ2n) is 6.29. The Labute approximate surface area is 162 Å². The van der Waals surface area contributed by atoms with Gasteiger partial charge in [0.25, 0.3) is 0 Å². The van der Waals surface area contributed by atoms with Gasteiger partial charge < -0.3 is 15.0 Å². The molecule has 0 unspecified atom stereocenters. The van der Waals surface area contributed by atoms with Crippen molar-refractivity contribution >= 4 is 6.03 Å². The predicted octanol–water partition coefficient (Wildman–Crippen LogP) is 2.46. The SMILES string of the molecule is Cc1cccc(-n2nc(COc3ccc(F)cc3)nc2CNC(=O)N(C)C)n1. The van der Waals surface area contributed by atoms with Crippen molar-refractivity contribution < 1.29 is 13.9 Å². The Balaban J connectivity index is 1.81. The normalized spacial score (nSPS) is 10.6. The van der Waals surface area contributed by atoms with Gasteiger partial charge in [0.05, 0.1) is 6.54 Å². The average molecular weight is 384 g/mol. The molecule has 9 heteroatoms. The molecule has 8 nitrogen and oxygen atoms in total. The smallest absolute Gasteiger partial charge is 0.317 e. The summed E-state index contributed by atoms with van der Waals surface area (Å²) in [5.74, 6) is 1.70. The number of hydrogen-bond acceptors (Lipinski definition) is 5. The molecule has 0 saturated heterocycles. The highest BCUT2D eigenvalue weighted by Gasteiger charge is 2.15. The zero-order valence-corrected chi connectivity index (χ0v) is 15.9. The summed E-state index contributed by atoms with van der Waals surface area (Å²) in [5.41, 5.74) is 0.834. The Morgan fingerprint density at radius 3 is 2.61 bits per heavy atom. The van der Waals surface area contributed by atoms with Crippen LogP contribution in [0.25, 0.3) is 5.82 Å². The number of pyridine rings is 1. The van der Waals surface area contributed by atoms with Crippen molar-refractivity contribution in [2.45, 2.75) is 20.1 Å². The maximum atomic E-state index is 13.0. The third-order valence-electron chi connectivity index (χ3n) is 3.79. The van der Waals surface area contributed by atoms with E-state index in [0.717, 1.165) is 5.69 Å². The molecule has 0 atom stereocenters.